The van der Waals surface area contributed by atoms with Crippen LogP contribution in [0.1, 0.15) is 0 Å². The van der Waals surface area contributed by atoms with Gasteiger partial charge in [0, 0.05) is 0 Å². The molecule has 0 N–H and O–H groups in total. The van der Waals surface area contributed by atoms with Crippen LogP contribution in [0.4, 0.5) is 0 Å². The maximum absolute atomic E-state index is 6.10. The first kappa shape index (κ1) is 14.4. The molecule has 0 aliphatic rings. The van der Waals surface area contributed by atoms with E-state index in [0.29, 0.717) is 0 Å². The highest BCUT2D eigenvalue weighted by molar-refractivity contribution is 7.27. The Balaban J connectivity index is 4.25. The summed E-state index contributed by atoms with van der Waals surface area (Å²) in [6.45, 7) is 9.17. The lowest BCUT2D eigenvalue weighted by atomic mass is 11.9. The highest BCUT2D eigenvalue weighted by Crippen LogP contribution is 2.26. The molecule has 0 aromatic rings. The Labute approximate surface area is 97.1 Å². The standard InChI is InChI=1S/C5H15Cl3O2Si3/c1-11(2,6)9-13(5,8)10-12(3,4)7/h1-5H3. The van der Waals surface area contributed by atoms with E-state index >= 15 is 0 Å². The smallest absolute Gasteiger partial charge is 0.413 e. The van der Waals surface area contributed by atoms with Gasteiger partial charge in [-0.3, -0.25) is 0 Å². The van der Waals surface area contributed by atoms with Crippen LogP contribution in [0.3, 0.4) is 0 Å². The van der Waals surface area contributed by atoms with Crippen molar-refractivity contribution in [1.29, 1.82) is 0 Å². The lowest BCUT2D eigenvalue weighted by molar-refractivity contribution is 0.427. The van der Waals surface area contributed by atoms with Gasteiger partial charge in [0.1, 0.15) is 0 Å². The first-order valence-corrected chi connectivity index (χ1v) is 15.1. The average Bonchev–Trinajstić information content (AvgIpc) is 1.43. The molecule has 0 atom stereocenters. The summed E-state index contributed by atoms with van der Waals surface area (Å²) < 4.78 is 11.1. The van der Waals surface area contributed by atoms with Crippen LogP contribution in [-0.4, -0.2) is 23.1 Å². The van der Waals surface area contributed by atoms with Crippen LogP contribution in [0.25, 0.3) is 0 Å². The molecule has 0 rings (SSSR count). The highest BCUT2D eigenvalue weighted by atomic mass is 35.6. The minimum absolute atomic E-state index is 1.75. The summed E-state index contributed by atoms with van der Waals surface area (Å²) in [7, 11) is -6.95. The number of rotatable bonds is 4. The molecule has 0 aromatic carbocycles. The molecule has 0 amide bonds. The fourth-order valence-corrected chi connectivity index (χ4v) is 15.2. The van der Waals surface area contributed by atoms with E-state index in [4.69, 9.17) is 41.5 Å². The van der Waals surface area contributed by atoms with Gasteiger partial charge in [-0.25, -0.2) is 0 Å². The monoisotopic (exact) mass is 296 g/mol. The average molecular weight is 298 g/mol. The molecule has 0 aromatic heterocycles. The molecule has 0 bridgehead atoms. The van der Waals surface area contributed by atoms with E-state index in [0.717, 1.165) is 0 Å². The van der Waals surface area contributed by atoms with Crippen LogP contribution >= 0.6 is 33.2 Å². The van der Waals surface area contributed by atoms with Gasteiger partial charge in [-0.2, -0.15) is 0 Å². The second kappa shape index (κ2) is 4.53. The Morgan fingerprint density at radius 1 is 0.692 bits per heavy atom. The first-order valence-electron chi connectivity index (χ1n) is 3.88. The molecule has 0 radical (unpaired) electrons. The highest BCUT2D eigenvalue weighted by Gasteiger charge is 2.41. The van der Waals surface area contributed by atoms with E-state index < -0.39 is 23.1 Å². The molecule has 8 heteroatoms. The van der Waals surface area contributed by atoms with Gasteiger partial charge in [0.15, 0.2) is 0 Å². The summed E-state index contributed by atoms with van der Waals surface area (Å²) in [6.07, 6.45) is 0. The van der Waals surface area contributed by atoms with Gasteiger partial charge in [0.25, 0.3) is 15.3 Å². The molecule has 0 saturated carbocycles. The zero-order chi connectivity index (χ0) is 10.9. The fourth-order valence-electron chi connectivity index (χ4n) is 0.888. The van der Waals surface area contributed by atoms with Gasteiger partial charge in [0.05, 0.1) is 0 Å². The molecule has 0 aliphatic carbocycles. The molecule has 0 heterocycles. The van der Waals surface area contributed by atoms with Crippen LogP contribution in [-0.2, 0) is 8.23 Å². The van der Waals surface area contributed by atoms with Crippen molar-refractivity contribution in [3.05, 3.63) is 0 Å². The van der Waals surface area contributed by atoms with Gasteiger partial charge < -0.3 is 8.23 Å². The summed E-state index contributed by atoms with van der Waals surface area (Å²) in [6, 6.07) is 0. The molecule has 13 heavy (non-hydrogen) atoms. The minimum Gasteiger partial charge on any atom is -0.413 e. The van der Waals surface area contributed by atoms with E-state index in [9.17, 15) is 0 Å². The second-order valence-corrected chi connectivity index (χ2v) is 20.0. The van der Waals surface area contributed by atoms with E-state index in [1.807, 2.05) is 26.2 Å². The predicted molar refractivity (Wildman–Crippen MR) is 66.3 cm³/mol. The van der Waals surface area contributed by atoms with Crippen LogP contribution in [0.15, 0.2) is 0 Å². The van der Waals surface area contributed by atoms with E-state index in [1.165, 1.54) is 0 Å². The van der Waals surface area contributed by atoms with E-state index in [2.05, 4.69) is 0 Å². The van der Waals surface area contributed by atoms with Crippen molar-refractivity contribution in [2.24, 2.45) is 0 Å². The third-order valence-electron chi connectivity index (χ3n) is 0.850. The predicted octanol–water partition coefficient (Wildman–Crippen LogP) is 3.71. The summed E-state index contributed by atoms with van der Waals surface area (Å²) >= 11 is 18.1. The van der Waals surface area contributed by atoms with Gasteiger partial charge >= 0.3 is 7.87 Å². The second-order valence-electron chi connectivity index (χ2n) is 3.77. The number of hydrogen-bond acceptors (Lipinski definition) is 2. The van der Waals surface area contributed by atoms with Gasteiger partial charge in [-0.15, -0.1) is 33.2 Å². The molecule has 0 fully saturated rings. The summed E-state index contributed by atoms with van der Waals surface area (Å²) in [5, 5.41) is 0. The van der Waals surface area contributed by atoms with Gasteiger partial charge in [0.2, 0.25) is 0 Å². The summed E-state index contributed by atoms with van der Waals surface area (Å²) in [4.78, 5) is 0. The number of halogens is 3. The maximum atomic E-state index is 6.10. The Morgan fingerprint density at radius 2 is 0.923 bits per heavy atom. The molecular weight excluding hydrogens is 283 g/mol. The normalized spacial score (nSPS) is 14.8. The van der Waals surface area contributed by atoms with E-state index in [-0.39, 0.29) is 0 Å². The number of hydrogen-bond donors (Lipinski definition) is 0. The topological polar surface area (TPSA) is 18.5 Å². The van der Waals surface area contributed by atoms with E-state index in [1.54, 1.807) is 6.55 Å². The summed E-state index contributed by atoms with van der Waals surface area (Å²) in [5.74, 6) is 0. The SMILES string of the molecule is C[Si](C)(Cl)O[Si](C)(Cl)O[Si](C)(C)Cl. The maximum Gasteiger partial charge on any atom is 0.420 e. The van der Waals surface area contributed by atoms with Crippen LogP contribution in [0.5, 0.6) is 0 Å². The Kier molecular flexibility index (Phi) is 5.03. The summed E-state index contributed by atoms with van der Waals surface area (Å²) in [5.41, 5.74) is 0. The molecule has 0 saturated heterocycles. The molecule has 2 nitrogen and oxygen atoms in total. The van der Waals surface area contributed by atoms with Crippen molar-refractivity contribution in [3.8, 4) is 0 Å². The zero-order valence-corrected chi connectivity index (χ0v) is 13.7. The molecule has 80 valence electrons. The molecular formula is C5H15Cl3O2Si3. The van der Waals surface area contributed by atoms with Crippen LogP contribution < -0.4 is 0 Å². The Hall–Kier alpha value is 1.44. The third-order valence-corrected chi connectivity index (χ3v) is 10.4. The van der Waals surface area contributed by atoms with Crippen molar-refractivity contribution in [3.63, 3.8) is 0 Å². The Morgan fingerprint density at radius 3 is 1.08 bits per heavy atom. The third kappa shape index (κ3) is 9.74. The molecule has 0 aliphatic heterocycles. The lowest BCUT2D eigenvalue weighted by Crippen LogP contribution is -2.47. The largest absolute Gasteiger partial charge is 0.420 e. The molecule has 0 unspecified atom stereocenters. The Bertz CT molecular complexity index is 157. The van der Waals surface area contributed by atoms with Crippen molar-refractivity contribution in [1.82, 2.24) is 0 Å². The zero-order valence-electron chi connectivity index (χ0n) is 8.45. The first-order chi connectivity index (χ1) is 5.41. The van der Waals surface area contributed by atoms with Gasteiger partial charge in [-0.1, -0.05) is 0 Å². The van der Waals surface area contributed by atoms with Crippen molar-refractivity contribution in [2.75, 3.05) is 0 Å². The van der Waals surface area contributed by atoms with Crippen molar-refractivity contribution < 1.29 is 8.23 Å². The fraction of sp³-hybridized carbons (Fsp3) is 1.00. The van der Waals surface area contributed by atoms with Gasteiger partial charge in [-0.05, 0) is 32.7 Å². The van der Waals surface area contributed by atoms with Crippen LogP contribution in [0.2, 0.25) is 32.7 Å². The van der Waals surface area contributed by atoms with Crippen molar-refractivity contribution >= 4 is 56.4 Å². The molecule has 0 spiro atoms. The minimum atomic E-state index is -2.64. The quantitative estimate of drug-likeness (QED) is 0.582. The lowest BCUT2D eigenvalue weighted by Gasteiger charge is -2.30. The van der Waals surface area contributed by atoms with Crippen LogP contribution in [0, 0.1) is 0 Å². The van der Waals surface area contributed by atoms with Crippen molar-refractivity contribution in [2.45, 2.75) is 32.7 Å².